The van der Waals surface area contributed by atoms with Crippen molar-refractivity contribution in [1.29, 1.82) is 0 Å². The number of hydrogen-bond acceptors (Lipinski definition) is 24. The Hall–Kier alpha value is -4.24. The number of aromatic hydroxyl groups is 1. The zero-order valence-electron chi connectivity index (χ0n) is 28.0. The molecule has 57 heavy (non-hydrogen) atoms. The average molecular weight is 916 g/mol. The summed E-state index contributed by atoms with van der Waals surface area (Å²) in [5.74, 6) is -0.944. The van der Waals surface area contributed by atoms with Gasteiger partial charge in [0.2, 0.25) is 0 Å². The molecule has 4 aromatic carbocycles. The van der Waals surface area contributed by atoms with Gasteiger partial charge in [-0.05, 0) is 70.7 Å². The summed E-state index contributed by atoms with van der Waals surface area (Å²) in [5, 5.41) is 54.7. The molecule has 30 heteroatoms. The van der Waals surface area contributed by atoms with Crippen LogP contribution in [0.15, 0.2) is 99.5 Å². The number of sulfone groups is 1. The highest BCUT2D eigenvalue weighted by molar-refractivity contribution is 8.04. The minimum Gasteiger partial charge on any atom is -0.505 e. The third kappa shape index (κ3) is 13.1. The molecule has 0 spiro atoms. The largest absolute Gasteiger partial charge is 0.505 e. The standard InChI is InChI=1S/C27H23N5O18S6.H2O/c1-44-9-11-54(36,37)16-3-7-20(22(13-16)52-48-46-34)29-31-25-18-14-23(53-49-47-35)26(27(33)17(18)4-5-19(25)28)32-30-21-6-2-15(12-24(21)55(38,39)40)51-10-8-45-50-56(41,42)43;/h2-7,12-14,33-35H,9,11,28H2,1H3,(H,38,39,40)(H,41,42,43);1H2. The number of methoxy groups -OCH3 is 1. The molecular weight excluding hydrogens is 891 g/mol. The van der Waals surface area contributed by atoms with E-state index in [0.29, 0.717) is 35.8 Å². The molecule has 0 saturated heterocycles. The minimum atomic E-state index is -4.98. The molecule has 0 saturated carbocycles. The van der Waals surface area contributed by atoms with E-state index in [0.717, 1.165) is 12.1 Å². The third-order valence-electron chi connectivity index (χ3n) is 6.49. The average Bonchev–Trinajstić information content (AvgIpc) is 3.14. The highest BCUT2D eigenvalue weighted by Crippen LogP contribution is 2.48. The Morgan fingerprint density at radius 2 is 1.44 bits per heavy atom. The van der Waals surface area contributed by atoms with Crippen molar-refractivity contribution in [3.05, 3.63) is 54.6 Å². The van der Waals surface area contributed by atoms with Crippen molar-refractivity contribution in [2.75, 3.05) is 25.2 Å². The summed E-state index contributed by atoms with van der Waals surface area (Å²) in [6, 6.07) is 11.0. The molecule has 0 amide bonds. The fraction of sp³-hybridized carbons (Fsp3) is 0.111. The first-order valence-electron chi connectivity index (χ1n) is 14.2. The van der Waals surface area contributed by atoms with E-state index >= 15 is 0 Å². The number of rotatable bonds is 18. The molecule has 0 aliphatic rings. The lowest BCUT2D eigenvalue weighted by molar-refractivity contribution is -0.432. The Morgan fingerprint density at radius 1 is 0.789 bits per heavy atom. The first-order valence-corrected chi connectivity index (χ1v) is 20.9. The van der Waals surface area contributed by atoms with E-state index in [4.69, 9.17) is 25.5 Å². The molecule has 0 aromatic heterocycles. The van der Waals surface area contributed by atoms with Gasteiger partial charge in [0.15, 0.2) is 21.7 Å². The van der Waals surface area contributed by atoms with Gasteiger partial charge in [-0.1, -0.05) is 10.1 Å². The Labute approximate surface area is 333 Å². The van der Waals surface area contributed by atoms with Crippen molar-refractivity contribution in [1.82, 2.24) is 0 Å². The number of fused-ring (bicyclic) bond motifs is 1. The summed E-state index contributed by atoms with van der Waals surface area (Å²) in [7, 11) is -12.4. The quantitative estimate of drug-likeness (QED) is 0.0106. The number of ether oxygens (including phenoxy) is 1. The van der Waals surface area contributed by atoms with Crippen molar-refractivity contribution in [2.24, 2.45) is 20.5 Å². The second-order valence-electron chi connectivity index (χ2n) is 9.95. The molecule has 0 aliphatic carbocycles. The molecule has 4 aromatic rings. The van der Waals surface area contributed by atoms with Crippen LogP contribution >= 0.6 is 35.8 Å². The number of thioether (sulfide) groups is 1. The third-order valence-corrected chi connectivity index (χ3v) is 11.2. The van der Waals surface area contributed by atoms with Crippen molar-refractivity contribution in [3.63, 3.8) is 0 Å². The molecule has 0 unspecified atom stereocenters. The van der Waals surface area contributed by atoms with Gasteiger partial charge in [-0.25, -0.2) is 18.9 Å². The first kappa shape index (κ1) is 47.1. The number of phenolic OH excluding ortho intramolecular Hbond substituents is 1. The van der Waals surface area contributed by atoms with E-state index in [2.05, 4.69) is 53.7 Å². The maximum atomic E-state index is 12.7. The fourth-order valence-corrected chi connectivity index (χ4v) is 7.73. The van der Waals surface area contributed by atoms with E-state index in [1.165, 1.54) is 49.6 Å². The van der Waals surface area contributed by atoms with E-state index in [9.17, 15) is 34.9 Å². The van der Waals surface area contributed by atoms with Crippen LogP contribution in [-0.4, -0.2) is 74.9 Å². The van der Waals surface area contributed by atoms with Crippen LogP contribution in [0.25, 0.3) is 10.8 Å². The lowest BCUT2D eigenvalue weighted by atomic mass is 10.1. The number of nitrogen functional groups attached to an aromatic ring is 1. The van der Waals surface area contributed by atoms with E-state index in [1.807, 2.05) is 0 Å². The van der Waals surface area contributed by atoms with Gasteiger partial charge in [0.05, 0.1) is 56.8 Å². The van der Waals surface area contributed by atoms with Crippen LogP contribution in [0, 0.1) is 11.4 Å². The van der Waals surface area contributed by atoms with Gasteiger partial charge in [0.1, 0.15) is 27.6 Å². The molecule has 0 radical (unpaired) electrons. The molecule has 0 heterocycles. The van der Waals surface area contributed by atoms with Crippen LogP contribution in [0.4, 0.5) is 28.4 Å². The van der Waals surface area contributed by atoms with Crippen LogP contribution < -0.4 is 5.73 Å². The molecule has 0 bridgehead atoms. The minimum absolute atomic E-state index is 0. The normalized spacial score (nSPS) is 12.2. The predicted molar refractivity (Wildman–Crippen MR) is 197 cm³/mol. The van der Waals surface area contributed by atoms with Crippen LogP contribution in [-0.2, 0) is 63.1 Å². The number of azo groups is 2. The molecule has 0 fully saturated rings. The zero-order valence-corrected chi connectivity index (χ0v) is 32.9. The summed E-state index contributed by atoms with van der Waals surface area (Å²) >= 11 is 1.29. The number of anilines is 1. The second kappa shape index (κ2) is 21.0. The van der Waals surface area contributed by atoms with Gasteiger partial charge in [-0.3, -0.25) is 14.0 Å². The maximum absolute atomic E-state index is 12.7. The highest BCUT2D eigenvalue weighted by atomic mass is 32.3. The Bertz CT molecular complexity index is 2550. The van der Waals surface area contributed by atoms with Gasteiger partial charge in [0.25, 0.3) is 10.1 Å². The first-order chi connectivity index (χ1) is 26.5. The molecule has 0 aliphatic heterocycles. The Kier molecular flexibility index (Phi) is 17.3. The van der Waals surface area contributed by atoms with Gasteiger partial charge in [0, 0.05) is 28.0 Å². The van der Waals surface area contributed by atoms with Crippen LogP contribution in [0.1, 0.15) is 0 Å². The van der Waals surface area contributed by atoms with E-state index in [-0.39, 0.29) is 70.9 Å². The highest BCUT2D eigenvalue weighted by Gasteiger charge is 2.22. The Morgan fingerprint density at radius 3 is 2.09 bits per heavy atom. The summed E-state index contributed by atoms with van der Waals surface area (Å²) in [5.41, 5.74) is 5.37. The van der Waals surface area contributed by atoms with Gasteiger partial charge >= 0.3 is 10.4 Å². The van der Waals surface area contributed by atoms with E-state index in [1.54, 1.807) is 6.11 Å². The predicted octanol–water partition coefficient (Wildman–Crippen LogP) is 5.42. The van der Waals surface area contributed by atoms with Gasteiger partial charge in [-0.2, -0.15) is 16.8 Å². The van der Waals surface area contributed by atoms with Gasteiger partial charge in [-0.15, -0.1) is 29.1 Å². The van der Waals surface area contributed by atoms with Crippen molar-refractivity contribution in [2.45, 2.75) is 24.5 Å². The summed E-state index contributed by atoms with van der Waals surface area (Å²) in [6.45, 7) is -0.0801. The maximum Gasteiger partial charge on any atom is 0.433 e. The fourth-order valence-electron chi connectivity index (χ4n) is 4.16. The molecule has 4 rings (SSSR count). The van der Waals surface area contributed by atoms with Crippen LogP contribution in [0.5, 0.6) is 5.75 Å². The summed E-state index contributed by atoms with van der Waals surface area (Å²) in [6.07, 6.45) is 1.76. The molecular formula is C27H25N5O19S6. The molecule has 9 N–H and O–H groups in total. The van der Waals surface area contributed by atoms with Crippen molar-refractivity contribution in [3.8, 4) is 17.1 Å². The lowest BCUT2D eigenvalue weighted by Crippen LogP contribution is -2.11. The Balaban J connectivity index is 0.00000870. The van der Waals surface area contributed by atoms with Crippen molar-refractivity contribution < 1.29 is 88.2 Å². The number of phenols is 1. The van der Waals surface area contributed by atoms with Crippen molar-refractivity contribution >= 4 is 105 Å². The molecule has 24 nitrogen and oxygen atoms in total. The monoisotopic (exact) mass is 915 g/mol. The second-order valence-corrected chi connectivity index (χ2v) is 16.8. The number of benzene rings is 4. The summed E-state index contributed by atoms with van der Waals surface area (Å²) in [4.78, 5) is 3.01. The topological polar surface area (TPSA) is 375 Å². The number of hydrogen-bond donors (Lipinski definition) is 6. The summed E-state index contributed by atoms with van der Waals surface area (Å²) < 4.78 is 107. The number of nitrogens with two attached hydrogens (primary N) is 1. The SMILES string of the molecule is COCCS(=O)(=O)c1ccc(N=Nc2c(N)ccc3c(O)c(N=Nc4ccc(SC#COOS(=O)(=O)O)cc4S(=O)(=O)O)c(SOOO)cc23)c(SOOO)c1.O. The van der Waals surface area contributed by atoms with Crippen LogP contribution in [0.3, 0.4) is 0 Å². The molecule has 0 atom stereocenters. The van der Waals surface area contributed by atoms with Crippen LogP contribution in [0.2, 0.25) is 0 Å². The lowest BCUT2D eigenvalue weighted by Gasteiger charge is -2.12. The zero-order chi connectivity index (χ0) is 41.1. The smallest absolute Gasteiger partial charge is 0.433 e. The molecule has 308 valence electrons. The van der Waals surface area contributed by atoms with E-state index < -0.39 is 46.7 Å². The number of nitrogens with zero attached hydrogens (tertiary/aromatic N) is 4. The van der Waals surface area contributed by atoms with Gasteiger partial charge < -0.3 is 21.1 Å².